The maximum absolute atomic E-state index is 9.40. The number of carboxylic acid groups (broad SMARTS) is 1. The molecule has 1 N–H and O–H groups in total. The summed E-state index contributed by atoms with van der Waals surface area (Å²) in [5.41, 5.74) is 4.36. The van der Waals surface area contributed by atoms with Crippen molar-refractivity contribution in [2.75, 3.05) is 0 Å². The Morgan fingerprint density at radius 3 is 2.29 bits per heavy atom. The molecular weight excluding hydrogens is 298 g/mol. The van der Waals surface area contributed by atoms with Crippen molar-refractivity contribution in [3.05, 3.63) is 59.7 Å². The lowest BCUT2D eigenvalue weighted by molar-refractivity contribution is -0.122. The fourth-order valence-corrected chi connectivity index (χ4v) is 2.77. The molecule has 3 nitrogen and oxygen atoms in total. The van der Waals surface area contributed by atoms with Crippen LogP contribution in [0.5, 0.6) is 0 Å². The van der Waals surface area contributed by atoms with Crippen LogP contribution < -0.4 is 0 Å². The highest BCUT2D eigenvalue weighted by atomic mass is 16.3. The number of rotatable bonds is 7. The first-order chi connectivity index (χ1) is 11.8. The first-order valence-electron chi connectivity index (χ1n) is 8.43. The number of benzene rings is 2. The van der Waals surface area contributed by atoms with Crippen LogP contribution in [0.2, 0.25) is 0 Å². The third kappa shape index (κ3) is 6.26. The molecule has 2 rings (SSSR count). The van der Waals surface area contributed by atoms with Crippen molar-refractivity contribution in [2.45, 2.75) is 45.4 Å². The Morgan fingerprint density at radius 1 is 1.00 bits per heavy atom. The van der Waals surface area contributed by atoms with E-state index in [-0.39, 0.29) is 6.47 Å². The molecule has 24 heavy (non-hydrogen) atoms. The number of hydrogen-bond donors (Lipinski definition) is 1. The minimum absolute atomic E-state index is 0.250. The van der Waals surface area contributed by atoms with Crippen LogP contribution in [0.15, 0.2) is 48.5 Å². The second-order valence-corrected chi connectivity index (χ2v) is 5.59. The van der Waals surface area contributed by atoms with Crippen molar-refractivity contribution < 1.29 is 9.90 Å². The summed E-state index contributed by atoms with van der Waals surface area (Å²) in [6.07, 6.45) is 7.45. The van der Waals surface area contributed by atoms with Gasteiger partial charge in [0.2, 0.25) is 0 Å². The van der Waals surface area contributed by atoms with Gasteiger partial charge in [0.1, 0.15) is 0 Å². The SMILES string of the molecule is CCCCCCCc1cccc(C#N)c1-c1ccccc1.O=CO. The molecule has 2 aromatic rings. The molecule has 126 valence electrons. The Labute approximate surface area is 144 Å². The molecular formula is C21H25NO2. The van der Waals surface area contributed by atoms with Crippen molar-refractivity contribution in [3.8, 4) is 17.2 Å². The molecule has 0 aliphatic carbocycles. The quantitative estimate of drug-likeness (QED) is 0.545. The van der Waals surface area contributed by atoms with Crippen molar-refractivity contribution in [1.82, 2.24) is 0 Å². The number of nitrogens with zero attached hydrogens (tertiary/aromatic N) is 1. The summed E-state index contributed by atoms with van der Waals surface area (Å²) in [6, 6.07) is 18.7. The van der Waals surface area contributed by atoms with E-state index in [0.29, 0.717) is 0 Å². The monoisotopic (exact) mass is 323 g/mol. The van der Waals surface area contributed by atoms with Crippen LogP contribution >= 0.6 is 0 Å². The van der Waals surface area contributed by atoms with Gasteiger partial charge in [0, 0.05) is 5.56 Å². The lowest BCUT2D eigenvalue weighted by atomic mass is 9.92. The first-order valence-corrected chi connectivity index (χ1v) is 8.43. The fourth-order valence-electron chi connectivity index (χ4n) is 2.77. The molecule has 0 atom stereocenters. The van der Waals surface area contributed by atoms with E-state index in [1.54, 1.807) is 0 Å². The zero-order chi connectivity index (χ0) is 17.6. The van der Waals surface area contributed by atoms with Gasteiger partial charge in [-0.05, 0) is 30.0 Å². The second-order valence-electron chi connectivity index (χ2n) is 5.59. The molecule has 3 heteroatoms. The van der Waals surface area contributed by atoms with Crippen molar-refractivity contribution in [3.63, 3.8) is 0 Å². The molecule has 0 saturated carbocycles. The summed E-state index contributed by atoms with van der Waals surface area (Å²) in [7, 11) is 0. The van der Waals surface area contributed by atoms with Crippen molar-refractivity contribution in [2.24, 2.45) is 0 Å². The summed E-state index contributed by atoms with van der Waals surface area (Å²) >= 11 is 0. The van der Waals surface area contributed by atoms with E-state index in [9.17, 15) is 5.26 Å². The van der Waals surface area contributed by atoms with E-state index in [0.717, 1.165) is 23.1 Å². The van der Waals surface area contributed by atoms with Gasteiger partial charge in [-0.2, -0.15) is 5.26 Å². The largest absolute Gasteiger partial charge is 0.483 e. The molecule has 0 aromatic heterocycles. The van der Waals surface area contributed by atoms with E-state index in [1.807, 2.05) is 30.3 Å². The summed E-state index contributed by atoms with van der Waals surface area (Å²) in [6.45, 7) is 1.99. The molecule has 0 aliphatic rings. The molecule has 0 fully saturated rings. The average Bonchev–Trinajstić information content (AvgIpc) is 2.62. The van der Waals surface area contributed by atoms with Gasteiger partial charge in [0.05, 0.1) is 11.6 Å². The lowest BCUT2D eigenvalue weighted by Crippen LogP contribution is -1.94. The normalized spacial score (nSPS) is 9.50. The van der Waals surface area contributed by atoms with Crippen molar-refractivity contribution in [1.29, 1.82) is 5.26 Å². The molecule has 0 aliphatic heterocycles. The topological polar surface area (TPSA) is 61.1 Å². The Morgan fingerprint density at radius 2 is 1.67 bits per heavy atom. The van der Waals surface area contributed by atoms with E-state index in [4.69, 9.17) is 9.90 Å². The van der Waals surface area contributed by atoms with E-state index < -0.39 is 0 Å². The van der Waals surface area contributed by atoms with Gasteiger partial charge in [0.25, 0.3) is 6.47 Å². The van der Waals surface area contributed by atoms with Crippen LogP contribution in [0.4, 0.5) is 0 Å². The van der Waals surface area contributed by atoms with Crippen LogP contribution in [0.25, 0.3) is 11.1 Å². The predicted molar refractivity (Wildman–Crippen MR) is 97.7 cm³/mol. The second kappa shape index (κ2) is 11.9. The molecule has 0 spiro atoms. The number of aryl methyl sites for hydroxylation is 1. The molecule has 2 aromatic carbocycles. The number of nitriles is 1. The minimum Gasteiger partial charge on any atom is -0.483 e. The summed E-state index contributed by atoms with van der Waals surface area (Å²) in [5.74, 6) is 0. The van der Waals surface area contributed by atoms with Crippen LogP contribution in [0, 0.1) is 11.3 Å². The van der Waals surface area contributed by atoms with Crippen LogP contribution in [0.3, 0.4) is 0 Å². The highest BCUT2D eigenvalue weighted by Gasteiger charge is 2.10. The first kappa shape index (κ1) is 19.4. The maximum atomic E-state index is 9.40. The number of unbranched alkanes of at least 4 members (excludes halogenated alkanes) is 4. The summed E-state index contributed by atoms with van der Waals surface area (Å²) in [4.78, 5) is 8.36. The van der Waals surface area contributed by atoms with Gasteiger partial charge >= 0.3 is 0 Å². The van der Waals surface area contributed by atoms with Crippen LogP contribution in [-0.2, 0) is 11.2 Å². The summed E-state index contributed by atoms with van der Waals surface area (Å²) in [5, 5.41) is 16.3. The van der Waals surface area contributed by atoms with Gasteiger partial charge < -0.3 is 5.11 Å². The van der Waals surface area contributed by atoms with E-state index in [2.05, 4.69) is 31.2 Å². The Balaban J connectivity index is 0.000000891. The van der Waals surface area contributed by atoms with Gasteiger partial charge in [0.15, 0.2) is 0 Å². The van der Waals surface area contributed by atoms with Crippen molar-refractivity contribution >= 4 is 6.47 Å². The molecule has 0 heterocycles. The highest BCUT2D eigenvalue weighted by Crippen LogP contribution is 2.28. The highest BCUT2D eigenvalue weighted by molar-refractivity contribution is 5.73. The molecule has 0 radical (unpaired) electrons. The summed E-state index contributed by atoms with van der Waals surface area (Å²) < 4.78 is 0. The number of hydrogen-bond acceptors (Lipinski definition) is 2. The third-order valence-electron chi connectivity index (χ3n) is 3.88. The number of carbonyl (C=O) groups is 1. The van der Waals surface area contributed by atoms with Crippen LogP contribution in [-0.4, -0.2) is 11.6 Å². The van der Waals surface area contributed by atoms with E-state index in [1.165, 1.54) is 37.7 Å². The zero-order valence-corrected chi connectivity index (χ0v) is 14.2. The van der Waals surface area contributed by atoms with Gasteiger partial charge in [-0.25, -0.2) is 0 Å². The lowest BCUT2D eigenvalue weighted by Gasteiger charge is -2.11. The fraction of sp³-hybridized carbons (Fsp3) is 0.333. The molecule has 0 unspecified atom stereocenters. The average molecular weight is 323 g/mol. The molecule has 0 bridgehead atoms. The van der Waals surface area contributed by atoms with Gasteiger partial charge in [-0.3, -0.25) is 4.79 Å². The van der Waals surface area contributed by atoms with Crippen LogP contribution in [0.1, 0.15) is 50.2 Å². The van der Waals surface area contributed by atoms with E-state index >= 15 is 0 Å². The third-order valence-corrected chi connectivity index (χ3v) is 3.88. The maximum Gasteiger partial charge on any atom is 0.290 e. The minimum atomic E-state index is -0.250. The predicted octanol–water partition coefficient (Wildman–Crippen LogP) is 5.44. The zero-order valence-electron chi connectivity index (χ0n) is 14.2. The smallest absolute Gasteiger partial charge is 0.290 e. The van der Waals surface area contributed by atoms with Gasteiger partial charge in [-0.15, -0.1) is 0 Å². The molecule has 0 amide bonds. The Kier molecular flexibility index (Phi) is 9.64. The van der Waals surface area contributed by atoms with Gasteiger partial charge in [-0.1, -0.05) is 75.1 Å². The molecule has 0 saturated heterocycles. The standard InChI is InChI=1S/C20H23N.CH2O2/c1-2-3-4-5-7-11-18-14-10-15-19(16-21)20(18)17-12-8-6-9-13-17;2-1-3/h6,8-10,12-15H,2-5,7,11H2,1H3;1H,(H,2,3). The Bertz CT molecular complexity index is 645. The Hall–Kier alpha value is -2.60.